The fraction of sp³-hybridized carbons (Fsp3) is 0.500. The number of thiophene rings is 1. The monoisotopic (exact) mass is 490 g/mol. The van der Waals surface area contributed by atoms with E-state index in [0.29, 0.717) is 23.7 Å². The van der Waals surface area contributed by atoms with Crippen molar-refractivity contribution in [2.75, 3.05) is 19.6 Å². The summed E-state index contributed by atoms with van der Waals surface area (Å²) in [5.74, 6) is -0.695. The first-order chi connectivity index (χ1) is 15.8. The van der Waals surface area contributed by atoms with E-state index in [-0.39, 0.29) is 25.5 Å². The van der Waals surface area contributed by atoms with Crippen molar-refractivity contribution in [3.05, 3.63) is 27.3 Å². The molecule has 1 aromatic rings. The summed E-state index contributed by atoms with van der Waals surface area (Å²) >= 11 is 2.33. The Morgan fingerprint density at radius 2 is 2.00 bits per heavy atom. The minimum Gasteiger partial charge on any atom is -0.353 e. The van der Waals surface area contributed by atoms with Crippen LogP contribution in [0.2, 0.25) is 0 Å². The van der Waals surface area contributed by atoms with Gasteiger partial charge in [-0.1, -0.05) is 19.4 Å². The van der Waals surface area contributed by atoms with Crippen LogP contribution >= 0.6 is 23.1 Å². The smallest absolute Gasteiger partial charge is 0.325 e. The fourth-order valence-corrected chi connectivity index (χ4v) is 6.03. The molecule has 1 aliphatic carbocycles. The molecule has 0 bridgehead atoms. The maximum atomic E-state index is 12.9. The van der Waals surface area contributed by atoms with Crippen LogP contribution < -0.4 is 10.6 Å². The van der Waals surface area contributed by atoms with Gasteiger partial charge < -0.3 is 10.6 Å². The standard InChI is InChI=1S/C22H26N4O5S2/c1-2-14-5-7-22(8-6-14)19(29)26(20(30)24-22)13-17(27)23-9-10-25-18(28)16(33-21(25)31)12-15-4-3-11-32-15/h3-4,11-12,14H,2,5-10,13H2,1H3,(H,23,27)(H,24,30). The summed E-state index contributed by atoms with van der Waals surface area (Å²) in [4.78, 5) is 65.6. The van der Waals surface area contributed by atoms with E-state index in [1.807, 2.05) is 17.5 Å². The van der Waals surface area contributed by atoms with Crippen molar-refractivity contribution in [2.24, 2.45) is 5.92 Å². The van der Waals surface area contributed by atoms with Gasteiger partial charge in [-0.15, -0.1) is 11.3 Å². The molecule has 2 saturated heterocycles. The number of hydrogen-bond donors (Lipinski definition) is 2. The maximum absolute atomic E-state index is 12.9. The number of nitrogens with zero attached hydrogens (tertiary/aromatic N) is 2. The SMILES string of the molecule is CCC1CCC2(CC1)NC(=O)N(CC(=O)NCCN1C(=O)SC(=Cc3cccs3)C1=O)C2=O. The molecule has 9 nitrogen and oxygen atoms in total. The lowest BCUT2D eigenvalue weighted by Gasteiger charge is -2.34. The van der Waals surface area contributed by atoms with E-state index in [1.54, 1.807) is 6.08 Å². The van der Waals surface area contributed by atoms with Crippen molar-refractivity contribution in [1.82, 2.24) is 20.4 Å². The summed E-state index contributed by atoms with van der Waals surface area (Å²) in [5.41, 5.74) is -0.889. The Labute approximate surface area is 199 Å². The minimum absolute atomic E-state index is 0.0146. The van der Waals surface area contributed by atoms with Gasteiger partial charge in [-0.05, 0) is 60.9 Å². The van der Waals surface area contributed by atoms with Crippen LogP contribution in [0.3, 0.4) is 0 Å². The van der Waals surface area contributed by atoms with E-state index in [0.717, 1.165) is 45.7 Å². The zero-order valence-corrected chi connectivity index (χ0v) is 19.9. The molecule has 2 aliphatic heterocycles. The van der Waals surface area contributed by atoms with Crippen LogP contribution in [-0.4, -0.2) is 64.0 Å². The van der Waals surface area contributed by atoms with Gasteiger partial charge >= 0.3 is 6.03 Å². The van der Waals surface area contributed by atoms with E-state index >= 15 is 0 Å². The predicted octanol–water partition coefficient (Wildman–Crippen LogP) is 2.79. The highest BCUT2D eigenvalue weighted by Gasteiger charge is 2.52. The number of urea groups is 1. The van der Waals surface area contributed by atoms with Gasteiger partial charge in [0.2, 0.25) is 5.91 Å². The average Bonchev–Trinajstić information content (AvgIpc) is 3.46. The second-order valence-corrected chi connectivity index (χ2v) is 10.4. The Balaban J connectivity index is 1.27. The molecule has 1 saturated carbocycles. The van der Waals surface area contributed by atoms with Crippen LogP contribution in [0.4, 0.5) is 9.59 Å². The van der Waals surface area contributed by atoms with Crippen molar-refractivity contribution >= 4 is 58.2 Å². The van der Waals surface area contributed by atoms with Gasteiger partial charge in [0, 0.05) is 18.0 Å². The Hall–Kier alpha value is -2.66. The average molecular weight is 491 g/mol. The lowest BCUT2D eigenvalue weighted by atomic mass is 9.75. The Morgan fingerprint density at radius 3 is 2.67 bits per heavy atom. The van der Waals surface area contributed by atoms with Gasteiger partial charge in [-0.3, -0.25) is 29.0 Å². The van der Waals surface area contributed by atoms with Gasteiger partial charge in [0.1, 0.15) is 12.1 Å². The highest BCUT2D eigenvalue weighted by molar-refractivity contribution is 8.18. The number of amides is 6. The van der Waals surface area contributed by atoms with Gasteiger partial charge in [-0.2, -0.15) is 0 Å². The first-order valence-corrected chi connectivity index (χ1v) is 12.7. The molecule has 2 N–H and O–H groups in total. The first-order valence-electron chi connectivity index (χ1n) is 11.0. The lowest BCUT2D eigenvalue weighted by molar-refractivity contribution is -0.136. The molecular formula is C22H26N4O5S2. The predicted molar refractivity (Wildman–Crippen MR) is 125 cm³/mol. The number of carbonyl (C=O) groups is 5. The molecule has 0 radical (unpaired) electrons. The van der Waals surface area contributed by atoms with E-state index in [1.165, 1.54) is 11.3 Å². The first kappa shape index (κ1) is 23.5. The molecule has 4 rings (SSSR count). The van der Waals surface area contributed by atoms with Gasteiger partial charge in [0.15, 0.2) is 0 Å². The van der Waals surface area contributed by atoms with Crippen molar-refractivity contribution < 1.29 is 24.0 Å². The van der Waals surface area contributed by atoms with Gasteiger partial charge in [-0.25, -0.2) is 4.79 Å². The molecule has 6 amide bonds. The molecule has 0 unspecified atom stereocenters. The molecule has 3 fully saturated rings. The van der Waals surface area contributed by atoms with Crippen LogP contribution in [0.15, 0.2) is 22.4 Å². The zero-order chi connectivity index (χ0) is 23.6. The van der Waals surface area contributed by atoms with E-state index in [4.69, 9.17) is 0 Å². The normalized spacial score (nSPS) is 26.6. The fourth-order valence-electron chi connectivity index (χ4n) is 4.44. The summed E-state index contributed by atoms with van der Waals surface area (Å²) < 4.78 is 0. The molecule has 33 heavy (non-hydrogen) atoms. The second-order valence-electron chi connectivity index (χ2n) is 8.45. The van der Waals surface area contributed by atoms with Crippen LogP contribution in [0, 0.1) is 5.92 Å². The third-order valence-corrected chi connectivity index (χ3v) is 8.16. The molecule has 3 aliphatic rings. The molecule has 0 aromatic carbocycles. The summed E-state index contributed by atoms with van der Waals surface area (Å²) in [6.45, 7) is 1.79. The molecule has 11 heteroatoms. The van der Waals surface area contributed by atoms with Crippen molar-refractivity contribution in [3.8, 4) is 0 Å². The Kier molecular flexibility index (Phi) is 6.89. The molecule has 1 aromatic heterocycles. The van der Waals surface area contributed by atoms with Crippen LogP contribution in [0.5, 0.6) is 0 Å². The van der Waals surface area contributed by atoms with Crippen LogP contribution in [0.25, 0.3) is 6.08 Å². The third kappa shape index (κ3) is 4.84. The number of imide groups is 2. The third-order valence-electron chi connectivity index (χ3n) is 6.43. The summed E-state index contributed by atoms with van der Waals surface area (Å²) in [6, 6.07) is 3.17. The molecule has 176 valence electrons. The number of nitrogens with one attached hydrogen (secondary N) is 2. The van der Waals surface area contributed by atoms with Crippen LogP contribution in [-0.2, 0) is 14.4 Å². The largest absolute Gasteiger partial charge is 0.353 e. The van der Waals surface area contributed by atoms with Crippen LogP contribution in [0.1, 0.15) is 43.9 Å². The molecular weight excluding hydrogens is 464 g/mol. The van der Waals surface area contributed by atoms with Crippen molar-refractivity contribution in [1.29, 1.82) is 0 Å². The van der Waals surface area contributed by atoms with Crippen molar-refractivity contribution in [2.45, 2.75) is 44.6 Å². The van der Waals surface area contributed by atoms with Gasteiger partial charge in [0.05, 0.1) is 4.91 Å². The summed E-state index contributed by atoms with van der Waals surface area (Å²) in [7, 11) is 0. The molecule has 3 heterocycles. The van der Waals surface area contributed by atoms with Gasteiger partial charge in [0.25, 0.3) is 17.1 Å². The minimum atomic E-state index is -0.889. The Morgan fingerprint density at radius 1 is 1.24 bits per heavy atom. The van der Waals surface area contributed by atoms with E-state index in [9.17, 15) is 24.0 Å². The lowest BCUT2D eigenvalue weighted by Crippen LogP contribution is -2.50. The summed E-state index contributed by atoms with van der Waals surface area (Å²) in [5, 5.41) is 6.90. The number of thioether (sulfide) groups is 1. The Bertz CT molecular complexity index is 998. The molecule has 0 atom stereocenters. The number of rotatable bonds is 7. The topological polar surface area (TPSA) is 116 Å². The quantitative estimate of drug-likeness (QED) is 0.449. The van der Waals surface area contributed by atoms with Crippen molar-refractivity contribution in [3.63, 3.8) is 0 Å². The zero-order valence-electron chi connectivity index (χ0n) is 18.3. The molecule has 1 spiro atoms. The number of carbonyl (C=O) groups excluding carboxylic acids is 5. The van der Waals surface area contributed by atoms with E-state index < -0.39 is 28.6 Å². The highest BCUT2D eigenvalue weighted by Crippen LogP contribution is 2.37. The highest BCUT2D eigenvalue weighted by atomic mass is 32.2. The summed E-state index contributed by atoms with van der Waals surface area (Å²) in [6.07, 6.45) is 5.66. The maximum Gasteiger partial charge on any atom is 0.325 e. The number of hydrogen-bond acceptors (Lipinski definition) is 7. The second kappa shape index (κ2) is 9.68. The van der Waals surface area contributed by atoms with E-state index in [2.05, 4.69) is 17.6 Å².